The Hall–Kier alpha value is -1.79. The number of nitrogens with two attached hydrogens (primary N) is 1. The van der Waals surface area contributed by atoms with Gasteiger partial charge in [0.2, 0.25) is 11.7 Å². The van der Waals surface area contributed by atoms with Crippen molar-refractivity contribution in [3.8, 4) is 11.5 Å². The summed E-state index contributed by atoms with van der Waals surface area (Å²) >= 11 is 0. The number of nitrogens with zero attached hydrogens (tertiary/aromatic N) is 3. The van der Waals surface area contributed by atoms with Crippen molar-refractivity contribution in [2.45, 2.75) is 26.0 Å². The fraction of sp³-hybridized carbons (Fsp3) is 0.364. The third-order valence-corrected chi connectivity index (χ3v) is 2.39. The molecule has 2 aromatic rings. The number of aliphatic hydroxyl groups excluding tert-OH is 1. The van der Waals surface area contributed by atoms with Gasteiger partial charge < -0.3 is 15.4 Å². The Morgan fingerprint density at radius 1 is 1.47 bits per heavy atom. The lowest BCUT2D eigenvalue weighted by Gasteiger charge is -2.08. The Balaban J connectivity index is 2.30. The first-order chi connectivity index (χ1) is 8.08. The summed E-state index contributed by atoms with van der Waals surface area (Å²) in [5.41, 5.74) is 7.37. The summed E-state index contributed by atoms with van der Waals surface area (Å²) in [6.45, 7) is 3.52. The van der Waals surface area contributed by atoms with Crippen molar-refractivity contribution < 1.29 is 9.63 Å². The molecule has 0 bridgehead atoms. The number of aliphatic hydroxyl groups is 1. The van der Waals surface area contributed by atoms with Crippen LogP contribution in [0.5, 0.6) is 0 Å². The molecular formula is C11H14N4O2. The summed E-state index contributed by atoms with van der Waals surface area (Å²) < 4.78 is 5.00. The van der Waals surface area contributed by atoms with Crippen LogP contribution in [0.2, 0.25) is 0 Å². The molecular weight excluding hydrogens is 220 g/mol. The van der Waals surface area contributed by atoms with Crippen LogP contribution in [0.4, 0.5) is 0 Å². The smallest absolute Gasteiger partial charge is 0.246 e. The zero-order chi connectivity index (χ0) is 12.4. The standard InChI is InChI=1S/C11H14N4O2/c1-6-3-4-13-8(5-6)10-14-11(17-15-10)9(12)7(2)16/h3-5,7,9,16H,12H2,1-2H3/t7-,9+/m1/s1. The molecule has 0 saturated carbocycles. The first kappa shape index (κ1) is 11.7. The maximum Gasteiger partial charge on any atom is 0.246 e. The number of hydrogen-bond donors (Lipinski definition) is 2. The van der Waals surface area contributed by atoms with Gasteiger partial charge in [-0.3, -0.25) is 4.98 Å². The van der Waals surface area contributed by atoms with Gasteiger partial charge in [0.25, 0.3) is 0 Å². The van der Waals surface area contributed by atoms with E-state index < -0.39 is 12.1 Å². The number of aryl methyl sites for hydroxylation is 1. The van der Waals surface area contributed by atoms with Crippen LogP contribution in [0.15, 0.2) is 22.9 Å². The lowest BCUT2D eigenvalue weighted by molar-refractivity contribution is 0.146. The zero-order valence-electron chi connectivity index (χ0n) is 9.66. The maximum absolute atomic E-state index is 9.33. The molecule has 2 aromatic heterocycles. The van der Waals surface area contributed by atoms with E-state index in [4.69, 9.17) is 10.3 Å². The van der Waals surface area contributed by atoms with Crippen LogP contribution >= 0.6 is 0 Å². The molecule has 0 fully saturated rings. The first-order valence-corrected chi connectivity index (χ1v) is 5.28. The quantitative estimate of drug-likeness (QED) is 0.815. The normalized spacial score (nSPS) is 14.6. The Labute approximate surface area is 98.5 Å². The molecule has 2 atom stereocenters. The fourth-order valence-electron chi connectivity index (χ4n) is 1.34. The number of aromatic nitrogens is 3. The predicted molar refractivity (Wildman–Crippen MR) is 60.9 cm³/mol. The van der Waals surface area contributed by atoms with E-state index in [1.807, 2.05) is 19.1 Å². The summed E-state index contributed by atoms with van der Waals surface area (Å²) in [7, 11) is 0. The van der Waals surface area contributed by atoms with Crippen LogP contribution in [0.3, 0.4) is 0 Å². The summed E-state index contributed by atoms with van der Waals surface area (Å²) in [6.07, 6.45) is 0.934. The zero-order valence-corrected chi connectivity index (χ0v) is 9.66. The third-order valence-electron chi connectivity index (χ3n) is 2.39. The maximum atomic E-state index is 9.33. The van der Waals surface area contributed by atoms with Gasteiger partial charge in [0, 0.05) is 6.20 Å². The highest BCUT2D eigenvalue weighted by atomic mass is 16.5. The topological polar surface area (TPSA) is 98.1 Å². The molecule has 0 unspecified atom stereocenters. The number of hydrogen-bond acceptors (Lipinski definition) is 6. The first-order valence-electron chi connectivity index (χ1n) is 5.28. The highest BCUT2D eigenvalue weighted by molar-refractivity contribution is 5.48. The van der Waals surface area contributed by atoms with Crippen molar-refractivity contribution in [3.63, 3.8) is 0 Å². The average molecular weight is 234 g/mol. The van der Waals surface area contributed by atoms with E-state index in [1.165, 1.54) is 0 Å². The predicted octanol–water partition coefficient (Wildman–Crippen LogP) is 0.821. The molecule has 2 heterocycles. The van der Waals surface area contributed by atoms with E-state index in [1.54, 1.807) is 13.1 Å². The van der Waals surface area contributed by atoms with Crippen LogP contribution < -0.4 is 5.73 Å². The Kier molecular flexibility index (Phi) is 3.16. The van der Waals surface area contributed by atoms with Gasteiger partial charge in [-0.1, -0.05) is 5.16 Å². The average Bonchev–Trinajstić information content (AvgIpc) is 2.77. The molecule has 17 heavy (non-hydrogen) atoms. The van der Waals surface area contributed by atoms with Gasteiger partial charge in [-0.15, -0.1) is 0 Å². The molecule has 0 aromatic carbocycles. The second-order valence-corrected chi connectivity index (χ2v) is 3.94. The highest BCUT2D eigenvalue weighted by Crippen LogP contribution is 2.18. The van der Waals surface area contributed by atoms with Crippen LogP contribution in [0.1, 0.15) is 24.4 Å². The molecule has 0 aliphatic heterocycles. The Morgan fingerprint density at radius 2 is 2.24 bits per heavy atom. The van der Waals surface area contributed by atoms with Crippen molar-refractivity contribution in [1.29, 1.82) is 0 Å². The van der Waals surface area contributed by atoms with Gasteiger partial charge in [-0.25, -0.2) is 0 Å². The Bertz CT molecular complexity index is 510. The van der Waals surface area contributed by atoms with Crippen molar-refractivity contribution in [2.24, 2.45) is 5.73 Å². The third kappa shape index (κ3) is 2.48. The molecule has 0 amide bonds. The summed E-state index contributed by atoms with van der Waals surface area (Å²) in [4.78, 5) is 8.26. The molecule has 0 spiro atoms. The summed E-state index contributed by atoms with van der Waals surface area (Å²) in [5.74, 6) is 0.582. The summed E-state index contributed by atoms with van der Waals surface area (Å²) in [5, 5.41) is 13.1. The van der Waals surface area contributed by atoms with E-state index in [2.05, 4.69) is 15.1 Å². The molecule has 3 N–H and O–H groups in total. The van der Waals surface area contributed by atoms with E-state index in [-0.39, 0.29) is 5.89 Å². The molecule has 0 aliphatic carbocycles. The van der Waals surface area contributed by atoms with Gasteiger partial charge in [0.1, 0.15) is 11.7 Å². The second-order valence-electron chi connectivity index (χ2n) is 3.94. The molecule has 0 saturated heterocycles. The van der Waals surface area contributed by atoms with E-state index in [0.717, 1.165) is 5.56 Å². The monoisotopic (exact) mass is 234 g/mol. The van der Waals surface area contributed by atoms with Gasteiger partial charge >= 0.3 is 0 Å². The SMILES string of the molecule is Cc1ccnc(-c2noc([C@@H](N)[C@@H](C)O)n2)c1. The fourth-order valence-corrected chi connectivity index (χ4v) is 1.34. The molecule has 90 valence electrons. The van der Waals surface area contributed by atoms with E-state index in [0.29, 0.717) is 11.5 Å². The summed E-state index contributed by atoms with van der Waals surface area (Å²) in [6, 6.07) is 3.05. The van der Waals surface area contributed by atoms with Gasteiger partial charge in [0.15, 0.2) is 0 Å². The van der Waals surface area contributed by atoms with Crippen molar-refractivity contribution in [3.05, 3.63) is 29.8 Å². The number of pyridine rings is 1. The van der Waals surface area contributed by atoms with E-state index in [9.17, 15) is 5.11 Å². The Morgan fingerprint density at radius 3 is 2.88 bits per heavy atom. The molecule has 0 radical (unpaired) electrons. The van der Waals surface area contributed by atoms with Crippen LogP contribution in [0.25, 0.3) is 11.5 Å². The van der Waals surface area contributed by atoms with Gasteiger partial charge in [0.05, 0.1) is 6.10 Å². The lowest BCUT2D eigenvalue weighted by atomic mass is 10.2. The van der Waals surface area contributed by atoms with Gasteiger partial charge in [-0.05, 0) is 31.5 Å². The van der Waals surface area contributed by atoms with E-state index >= 15 is 0 Å². The molecule has 6 heteroatoms. The minimum Gasteiger partial charge on any atom is -0.391 e. The van der Waals surface area contributed by atoms with Crippen LogP contribution in [-0.4, -0.2) is 26.3 Å². The van der Waals surface area contributed by atoms with Crippen LogP contribution in [-0.2, 0) is 0 Å². The largest absolute Gasteiger partial charge is 0.391 e. The highest BCUT2D eigenvalue weighted by Gasteiger charge is 2.20. The molecule has 2 rings (SSSR count). The van der Waals surface area contributed by atoms with Gasteiger partial charge in [-0.2, -0.15) is 4.98 Å². The molecule has 6 nitrogen and oxygen atoms in total. The minimum absolute atomic E-state index is 0.207. The molecule has 0 aliphatic rings. The van der Waals surface area contributed by atoms with Crippen molar-refractivity contribution >= 4 is 0 Å². The minimum atomic E-state index is -0.742. The number of rotatable bonds is 3. The van der Waals surface area contributed by atoms with Crippen molar-refractivity contribution in [2.75, 3.05) is 0 Å². The van der Waals surface area contributed by atoms with Crippen molar-refractivity contribution in [1.82, 2.24) is 15.1 Å². The second kappa shape index (κ2) is 4.60. The van der Waals surface area contributed by atoms with Crippen LogP contribution in [0, 0.1) is 6.92 Å². The lowest BCUT2D eigenvalue weighted by Crippen LogP contribution is -2.23.